The SMILES string of the molecule is CC1OC(OC2C(CO)OC(OC3C(CO)=CC(NC4C(C)OC(OC5C(CO)OC(OC6C(CO)OC(OC7C(CO)OC(OC(C(O)CO)C(O)C(O)C=O)C(O)C7O)C(O)C6O)C(O)C5O)C(O)C4O)C(O)C3O)C(O)C2O)C(O)C(O)C1NC1C=C(CO)C(OC2OC(CO)C(O)C(O)C2O)C(O)C1O. The first-order chi connectivity index (χ1) is 51.6. The van der Waals surface area contributed by atoms with Crippen LogP contribution in [0.15, 0.2) is 23.3 Å². The fraction of sp³-hybridized carbons (Fsp3) is 0.919. The lowest BCUT2D eigenvalue weighted by atomic mass is 9.86. The second-order valence-corrected chi connectivity index (χ2v) is 28.1. The fourth-order valence-corrected chi connectivity index (χ4v) is 14.5. The molecule has 0 aromatic rings. The third-order valence-electron chi connectivity index (χ3n) is 21.0. The van der Waals surface area contributed by atoms with E-state index >= 15 is 0 Å². The van der Waals surface area contributed by atoms with Gasteiger partial charge < -0.3 is 235 Å². The molecule has 47 heteroatoms. The number of hydrogen-bond acceptors (Lipinski definition) is 47. The van der Waals surface area contributed by atoms with Crippen molar-refractivity contribution in [3.63, 3.8) is 0 Å². The van der Waals surface area contributed by atoms with Gasteiger partial charge in [0, 0.05) is 0 Å². The maximum absolute atomic E-state index is 11.6. The number of aliphatic hydroxyl groups is 30. The number of nitrogens with one attached hydrogen (secondary N) is 2. The Labute approximate surface area is 617 Å². The molecule has 0 aromatic carbocycles. The van der Waals surface area contributed by atoms with E-state index in [-0.39, 0.29) is 17.4 Å². The van der Waals surface area contributed by atoms with Crippen molar-refractivity contribution in [2.45, 2.75) is 302 Å². The van der Waals surface area contributed by atoms with E-state index in [2.05, 4.69) is 10.6 Å². The Morgan fingerprint density at radius 3 is 0.972 bits per heavy atom. The molecule has 32 N–H and O–H groups in total. The van der Waals surface area contributed by atoms with Gasteiger partial charge in [0.05, 0.1) is 89.2 Å². The summed E-state index contributed by atoms with van der Waals surface area (Å²) < 4.78 is 79.5. The van der Waals surface area contributed by atoms with Crippen molar-refractivity contribution in [3.05, 3.63) is 23.3 Å². The summed E-state index contributed by atoms with van der Waals surface area (Å²) in [6.45, 7) is -5.23. The lowest BCUT2D eigenvalue weighted by Gasteiger charge is -2.49. The first-order valence-electron chi connectivity index (χ1n) is 35.0. The van der Waals surface area contributed by atoms with Crippen molar-refractivity contribution in [3.8, 4) is 0 Å². The summed E-state index contributed by atoms with van der Waals surface area (Å²) in [5.74, 6) is 0. The quantitative estimate of drug-likeness (QED) is 0.0235. The van der Waals surface area contributed by atoms with Crippen LogP contribution in [0.2, 0.25) is 0 Å². The zero-order valence-electron chi connectivity index (χ0n) is 58.1. The number of carbonyl (C=O) groups excluding carboxylic acids is 1. The maximum atomic E-state index is 11.6. The molecule has 47 unspecified atom stereocenters. The van der Waals surface area contributed by atoms with Crippen LogP contribution in [0.3, 0.4) is 0 Å². The van der Waals surface area contributed by atoms with Gasteiger partial charge in [-0.25, -0.2) is 0 Å². The molecular weight excluding hydrogens is 1490 g/mol. The van der Waals surface area contributed by atoms with Crippen LogP contribution in [0.4, 0.5) is 0 Å². The molecule has 0 saturated carbocycles. The first-order valence-corrected chi connectivity index (χ1v) is 35.0. The molecule has 0 bridgehead atoms. The van der Waals surface area contributed by atoms with E-state index in [1.165, 1.54) is 19.9 Å². The lowest BCUT2D eigenvalue weighted by molar-refractivity contribution is -0.388. The molecule has 0 radical (unpaired) electrons. The van der Waals surface area contributed by atoms with Crippen LogP contribution in [0.5, 0.6) is 0 Å². The summed E-state index contributed by atoms with van der Waals surface area (Å²) >= 11 is 0. The van der Waals surface area contributed by atoms with Crippen LogP contribution in [-0.2, 0) is 71.1 Å². The summed E-state index contributed by atoms with van der Waals surface area (Å²) in [6, 6.07) is -5.54. The summed E-state index contributed by atoms with van der Waals surface area (Å²) in [5, 5.41) is 330. The molecule has 9 rings (SSSR count). The predicted molar refractivity (Wildman–Crippen MR) is 339 cm³/mol. The average molecular weight is 1600 g/mol. The van der Waals surface area contributed by atoms with E-state index in [0.717, 1.165) is 6.08 Å². The van der Waals surface area contributed by atoms with Crippen LogP contribution >= 0.6 is 0 Å². The third-order valence-corrected chi connectivity index (χ3v) is 21.0. The number of aliphatic hydroxyl groups excluding tert-OH is 30. The van der Waals surface area contributed by atoms with Crippen molar-refractivity contribution in [1.82, 2.24) is 10.6 Å². The molecule has 7 aliphatic heterocycles. The Balaban J connectivity index is 0.767. The Bertz CT molecular complexity index is 2860. The second kappa shape index (κ2) is 39.0. The van der Waals surface area contributed by atoms with Gasteiger partial charge >= 0.3 is 0 Å². The first kappa shape index (κ1) is 90.2. The largest absolute Gasteiger partial charge is 0.394 e. The molecule has 7 saturated heterocycles. The zero-order valence-corrected chi connectivity index (χ0v) is 58.1. The predicted octanol–water partition coefficient (Wildman–Crippen LogP) is -20.6. The standard InChI is InChI=1S/C62H104N2O45/c1-14-27(63-18-3-16(5-65)49(36(83)29(18)76)103-58-44(91)35(82)32(79)22(9-69)98-58)33(80)42(89)56(96-14)106-52-23(10-70)99-59(45(92)38(52)85)104-50-17(6-66)4-19(30(77)37(50)84)64-28-15(2)97-57(43(90)34(28)81)107-53-24(11-71)101-61(47(94)40(53)87)109-55-26(13-73)102-62(48(95)41(55)88)108-54-25(12-72)100-60(46(93)39(54)86)105-51(21(75)8-68)31(78)20(74)7-67/h3-4,7,14-15,18-66,68-95H,5-6,8-13H2,1-2H3. The van der Waals surface area contributed by atoms with E-state index in [1.807, 2.05) is 0 Å². The highest BCUT2D eigenvalue weighted by Gasteiger charge is 2.59. The fourth-order valence-electron chi connectivity index (χ4n) is 14.5. The topological polar surface area (TPSA) is 777 Å². The molecule has 109 heavy (non-hydrogen) atoms. The van der Waals surface area contributed by atoms with Crippen molar-refractivity contribution >= 4 is 6.29 Å². The number of carbonyl (C=O) groups is 1. The highest BCUT2D eigenvalue weighted by Crippen LogP contribution is 2.39. The van der Waals surface area contributed by atoms with Gasteiger partial charge in [-0.2, -0.15) is 0 Å². The van der Waals surface area contributed by atoms with Gasteiger partial charge in [-0.1, -0.05) is 12.2 Å². The lowest BCUT2D eigenvalue weighted by Crippen LogP contribution is -2.69. The van der Waals surface area contributed by atoms with Gasteiger partial charge in [0.15, 0.2) is 50.3 Å². The Morgan fingerprint density at radius 2 is 0.651 bits per heavy atom. The van der Waals surface area contributed by atoms with Crippen molar-refractivity contribution in [2.75, 3.05) is 52.9 Å². The summed E-state index contributed by atoms with van der Waals surface area (Å²) in [6.07, 6.45) is -80.7. The van der Waals surface area contributed by atoms with Crippen LogP contribution in [0, 0.1) is 0 Å². The second-order valence-electron chi connectivity index (χ2n) is 28.1. The minimum atomic E-state index is -2.25. The van der Waals surface area contributed by atoms with Gasteiger partial charge in [0.25, 0.3) is 0 Å². The Hall–Kier alpha value is -2.69. The molecule has 0 amide bonds. The minimum Gasteiger partial charge on any atom is -0.394 e. The average Bonchev–Trinajstić information content (AvgIpc) is 0.773. The van der Waals surface area contributed by atoms with Gasteiger partial charge in [-0.15, -0.1) is 0 Å². The molecule has 2 aliphatic carbocycles. The zero-order chi connectivity index (χ0) is 80.4. The third kappa shape index (κ3) is 19.0. The van der Waals surface area contributed by atoms with Crippen LogP contribution < -0.4 is 10.6 Å². The molecule has 632 valence electrons. The van der Waals surface area contributed by atoms with E-state index in [1.54, 1.807) is 0 Å². The van der Waals surface area contributed by atoms with Crippen LogP contribution in [-0.4, -0.2) is 500 Å². The number of aldehydes is 1. The Morgan fingerprint density at radius 1 is 0.358 bits per heavy atom. The van der Waals surface area contributed by atoms with Gasteiger partial charge in [0.2, 0.25) is 0 Å². The molecule has 9 aliphatic rings. The van der Waals surface area contributed by atoms with E-state index < -0.39 is 341 Å². The summed E-state index contributed by atoms with van der Waals surface area (Å²) in [7, 11) is 0. The molecule has 7 heterocycles. The van der Waals surface area contributed by atoms with E-state index in [9.17, 15) is 158 Å². The number of hydrogen-bond donors (Lipinski definition) is 32. The van der Waals surface area contributed by atoms with Crippen molar-refractivity contribution in [2.24, 2.45) is 0 Å². The monoisotopic (exact) mass is 1600 g/mol. The number of rotatable bonds is 30. The molecule has 7 fully saturated rings. The maximum Gasteiger partial charge on any atom is 0.187 e. The molecule has 47 atom stereocenters. The highest BCUT2D eigenvalue weighted by molar-refractivity contribution is 5.56. The van der Waals surface area contributed by atoms with E-state index in [4.69, 9.17) is 66.3 Å². The van der Waals surface area contributed by atoms with Crippen LogP contribution in [0.25, 0.3) is 0 Å². The summed E-state index contributed by atoms with van der Waals surface area (Å²) in [4.78, 5) is 11.1. The minimum absolute atomic E-state index is 0.117. The molecule has 0 aromatic heterocycles. The van der Waals surface area contributed by atoms with Crippen LogP contribution in [0.1, 0.15) is 13.8 Å². The van der Waals surface area contributed by atoms with E-state index in [0.29, 0.717) is 0 Å². The molecular formula is C62H104N2O45. The molecule has 47 nitrogen and oxygen atoms in total. The highest BCUT2D eigenvalue weighted by atomic mass is 16.8. The Kier molecular flexibility index (Phi) is 32.3. The summed E-state index contributed by atoms with van der Waals surface area (Å²) in [5.41, 5.74) is -0.339. The normalized spacial score (nSPS) is 49.9. The molecule has 0 spiro atoms. The van der Waals surface area contributed by atoms with Gasteiger partial charge in [-0.3, -0.25) is 0 Å². The van der Waals surface area contributed by atoms with Gasteiger partial charge in [0.1, 0.15) is 208 Å². The van der Waals surface area contributed by atoms with Crippen molar-refractivity contribution in [1.29, 1.82) is 0 Å². The van der Waals surface area contributed by atoms with Gasteiger partial charge in [-0.05, 0) is 25.0 Å². The smallest absolute Gasteiger partial charge is 0.187 e. The van der Waals surface area contributed by atoms with Crippen molar-refractivity contribution < 1.29 is 224 Å². The number of ether oxygens (including phenoxy) is 14.